The third-order valence-electron chi connectivity index (χ3n) is 5.30. The highest BCUT2D eigenvalue weighted by molar-refractivity contribution is 7.10. The predicted octanol–water partition coefficient (Wildman–Crippen LogP) is 4.46. The lowest BCUT2D eigenvalue weighted by Crippen LogP contribution is -2.33. The lowest BCUT2D eigenvalue weighted by atomic mass is 9.75. The molecule has 0 bridgehead atoms. The molecule has 0 amide bonds. The van der Waals surface area contributed by atoms with Gasteiger partial charge in [-0.3, -0.25) is 0 Å². The fourth-order valence-corrected chi connectivity index (χ4v) is 5.20. The van der Waals surface area contributed by atoms with E-state index in [1.165, 1.54) is 37.7 Å². The summed E-state index contributed by atoms with van der Waals surface area (Å²) in [6.07, 6.45) is 6.34. The minimum Gasteiger partial charge on any atom is -0.465 e. The van der Waals surface area contributed by atoms with E-state index < -0.39 is 0 Å². The summed E-state index contributed by atoms with van der Waals surface area (Å²) in [5, 5.41) is 1.98. The molecule has 1 aliphatic carbocycles. The molecule has 0 saturated heterocycles. The van der Waals surface area contributed by atoms with Crippen molar-refractivity contribution in [1.29, 1.82) is 0 Å². The van der Waals surface area contributed by atoms with Crippen LogP contribution in [0.1, 0.15) is 65.7 Å². The molecule has 1 aromatic heterocycles. The summed E-state index contributed by atoms with van der Waals surface area (Å²) in [5.74, 6) is 1.14. The van der Waals surface area contributed by atoms with Gasteiger partial charge >= 0.3 is 5.97 Å². The van der Waals surface area contributed by atoms with Crippen molar-refractivity contribution < 1.29 is 9.53 Å². The van der Waals surface area contributed by atoms with Crippen molar-refractivity contribution in [2.45, 2.75) is 57.9 Å². The van der Waals surface area contributed by atoms with Crippen LogP contribution >= 0.6 is 11.3 Å². The van der Waals surface area contributed by atoms with Gasteiger partial charge in [0.2, 0.25) is 0 Å². The molecule has 2 rings (SSSR count). The monoisotopic (exact) mass is 323 g/mol. The summed E-state index contributed by atoms with van der Waals surface area (Å²) in [7, 11) is 5.83. The molecule has 0 radical (unpaired) electrons. The lowest BCUT2D eigenvalue weighted by Gasteiger charge is -2.36. The minimum atomic E-state index is -0.203. The molecule has 1 fully saturated rings. The second-order valence-corrected chi connectivity index (χ2v) is 7.59. The molecule has 1 heterocycles. The van der Waals surface area contributed by atoms with Crippen molar-refractivity contribution in [2.75, 3.05) is 21.2 Å². The third-order valence-corrected chi connectivity index (χ3v) is 6.52. The fraction of sp³-hybridized carbons (Fsp3) is 0.722. The van der Waals surface area contributed by atoms with Crippen molar-refractivity contribution in [3.05, 3.63) is 21.4 Å². The Morgan fingerprint density at radius 2 is 2.00 bits per heavy atom. The van der Waals surface area contributed by atoms with E-state index in [2.05, 4.69) is 32.8 Å². The highest BCUT2D eigenvalue weighted by Crippen LogP contribution is 2.42. The van der Waals surface area contributed by atoms with Crippen molar-refractivity contribution in [2.24, 2.45) is 5.92 Å². The smallest absolute Gasteiger partial charge is 0.338 e. The summed E-state index contributed by atoms with van der Waals surface area (Å²) >= 11 is 1.74. The first kappa shape index (κ1) is 17.5. The van der Waals surface area contributed by atoms with Crippen LogP contribution in [0.2, 0.25) is 0 Å². The zero-order valence-electron chi connectivity index (χ0n) is 14.5. The van der Waals surface area contributed by atoms with Gasteiger partial charge < -0.3 is 9.64 Å². The second-order valence-electron chi connectivity index (χ2n) is 6.68. The predicted molar refractivity (Wildman–Crippen MR) is 92.9 cm³/mol. The van der Waals surface area contributed by atoms with Crippen LogP contribution in [0.25, 0.3) is 0 Å². The number of ether oxygens (including phenoxy) is 1. The number of thiophene rings is 1. The Kier molecular flexibility index (Phi) is 6.04. The van der Waals surface area contributed by atoms with E-state index in [0.717, 1.165) is 29.5 Å². The molecule has 124 valence electrons. The van der Waals surface area contributed by atoms with Gasteiger partial charge in [-0.2, -0.15) is 0 Å². The zero-order valence-corrected chi connectivity index (χ0v) is 15.3. The van der Waals surface area contributed by atoms with Crippen LogP contribution in [0.15, 0.2) is 5.38 Å². The van der Waals surface area contributed by atoms with Crippen molar-refractivity contribution in [1.82, 2.24) is 4.90 Å². The molecule has 0 aromatic carbocycles. The van der Waals surface area contributed by atoms with E-state index in [1.54, 1.807) is 11.3 Å². The van der Waals surface area contributed by atoms with Crippen LogP contribution in [0.3, 0.4) is 0 Å². The van der Waals surface area contributed by atoms with Crippen LogP contribution in [-0.2, 0) is 4.74 Å². The Balaban J connectivity index is 2.13. The number of hydrogen-bond donors (Lipinski definition) is 0. The Labute approximate surface area is 138 Å². The number of esters is 1. The van der Waals surface area contributed by atoms with Gasteiger partial charge in [-0.25, -0.2) is 4.79 Å². The molecule has 0 N–H and O–H groups in total. The summed E-state index contributed by atoms with van der Waals surface area (Å²) in [4.78, 5) is 15.6. The van der Waals surface area contributed by atoms with Gasteiger partial charge in [-0.05, 0) is 70.5 Å². The highest BCUT2D eigenvalue weighted by Gasteiger charge is 2.31. The van der Waals surface area contributed by atoms with E-state index in [9.17, 15) is 4.79 Å². The van der Waals surface area contributed by atoms with E-state index in [4.69, 9.17) is 4.74 Å². The first-order valence-electron chi connectivity index (χ1n) is 8.32. The molecule has 1 aromatic rings. The molecule has 0 aliphatic heterocycles. The first-order chi connectivity index (χ1) is 10.5. The largest absolute Gasteiger partial charge is 0.465 e. The van der Waals surface area contributed by atoms with Crippen LogP contribution < -0.4 is 0 Å². The van der Waals surface area contributed by atoms with Gasteiger partial charge in [0.05, 0.1) is 12.7 Å². The Morgan fingerprint density at radius 1 is 1.36 bits per heavy atom. The lowest BCUT2D eigenvalue weighted by molar-refractivity contribution is 0.0600. The summed E-state index contributed by atoms with van der Waals surface area (Å²) in [6.45, 7) is 4.35. The number of hydrogen-bond acceptors (Lipinski definition) is 4. The molecule has 22 heavy (non-hydrogen) atoms. The Morgan fingerprint density at radius 3 is 2.50 bits per heavy atom. The van der Waals surface area contributed by atoms with E-state index in [1.807, 2.05) is 5.38 Å². The van der Waals surface area contributed by atoms with Gasteiger partial charge in [0.25, 0.3) is 0 Å². The Bertz CT molecular complexity index is 501. The maximum atomic E-state index is 11.8. The maximum absolute atomic E-state index is 11.8. The maximum Gasteiger partial charge on any atom is 0.338 e. The van der Waals surface area contributed by atoms with Crippen molar-refractivity contribution in [3.8, 4) is 0 Å². The minimum absolute atomic E-state index is 0.203. The standard InChI is InChI=1S/C18H29NO2S/c1-6-15(13-7-9-14(10-8-13)19(3)4)17-12(2)16(11-22-17)18(20)21-5/h11,13-15H,6-10H2,1-5H3. The normalized spacial score (nSPS) is 23.5. The quantitative estimate of drug-likeness (QED) is 0.749. The van der Waals surface area contributed by atoms with Gasteiger partial charge in [-0.15, -0.1) is 11.3 Å². The topological polar surface area (TPSA) is 29.5 Å². The van der Waals surface area contributed by atoms with Crippen LogP contribution in [0.5, 0.6) is 0 Å². The molecule has 0 spiro atoms. The highest BCUT2D eigenvalue weighted by atomic mass is 32.1. The molecular formula is C18H29NO2S. The number of nitrogens with zero attached hydrogens (tertiary/aromatic N) is 1. The fourth-order valence-electron chi connectivity index (χ4n) is 3.86. The SMILES string of the molecule is CCC(c1scc(C(=O)OC)c1C)C1CCC(N(C)C)CC1. The van der Waals surface area contributed by atoms with E-state index in [0.29, 0.717) is 5.92 Å². The van der Waals surface area contributed by atoms with E-state index in [-0.39, 0.29) is 5.97 Å². The molecule has 4 heteroatoms. The number of rotatable bonds is 5. The third kappa shape index (κ3) is 3.54. The van der Waals surface area contributed by atoms with Crippen LogP contribution in [-0.4, -0.2) is 38.1 Å². The summed E-state index contributed by atoms with van der Waals surface area (Å²) in [6, 6.07) is 0.740. The van der Waals surface area contributed by atoms with E-state index >= 15 is 0 Å². The molecular weight excluding hydrogens is 294 g/mol. The van der Waals surface area contributed by atoms with Crippen molar-refractivity contribution >= 4 is 17.3 Å². The first-order valence-corrected chi connectivity index (χ1v) is 9.20. The molecule has 1 saturated carbocycles. The number of carbonyl (C=O) groups excluding carboxylic acids is 1. The van der Waals surface area contributed by atoms with Crippen molar-refractivity contribution in [3.63, 3.8) is 0 Å². The van der Waals surface area contributed by atoms with Gasteiger partial charge in [0.1, 0.15) is 0 Å². The molecule has 1 atom stereocenters. The van der Waals surface area contributed by atoms with Crippen LogP contribution in [0, 0.1) is 12.8 Å². The molecule has 1 unspecified atom stereocenters. The second kappa shape index (κ2) is 7.60. The molecule has 1 aliphatic rings. The zero-order chi connectivity index (χ0) is 16.3. The summed E-state index contributed by atoms with van der Waals surface area (Å²) < 4.78 is 4.89. The van der Waals surface area contributed by atoms with Crippen LogP contribution in [0.4, 0.5) is 0 Å². The average molecular weight is 324 g/mol. The average Bonchev–Trinajstić information content (AvgIpc) is 2.90. The Hall–Kier alpha value is -0.870. The number of carbonyl (C=O) groups is 1. The van der Waals surface area contributed by atoms with Gasteiger partial charge in [0, 0.05) is 16.3 Å². The van der Waals surface area contributed by atoms with Gasteiger partial charge in [-0.1, -0.05) is 6.92 Å². The summed E-state index contributed by atoms with van der Waals surface area (Å²) in [5.41, 5.74) is 1.89. The van der Waals surface area contributed by atoms with Gasteiger partial charge in [0.15, 0.2) is 0 Å². The number of methoxy groups -OCH3 is 1. The molecule has 3 nitrogen and oxygen atoms in total.